The van der Waals surface area contributed by atoms with E-state index in [4.69, 9.17) is 0 Å². The second-order valence-electron chi connectivity index (χ2n) is 4.67. The topological polar surface area (TPSA) is 56.0 Å². The molecule has 1 aromatic heterocycles. The number of benzene rings is 2. The molecule has 1 heterocycles. The van der Waals surface area contributed by atoms with E-state index < -0.39 is 0 Å². The van der Waals surface area contributed by atoms with Crippen molar-refractivity contribution in [3.05, 3.63) is 70.3 Å². The molecule has 4 heteroatoms. The Kier molecular flexibility index (Phi) is 2.91. The summed E-state index contributed by atoms with van der Waals surface area (Å²) < 4.78 is 0. The highest BCUT2D eigenvalue weighted by molar-refractivity contribution is 5.83. The van der Waals surface area contributed by atoms with Crippen molar-refractivity contribution in [1.82, 2.24) is 4.98 Å². The molecule has 98 valence electrons. The van der Waals surface area contributed by atoms with Crippen LogP contribution in [0.5, 0.6) is 0 Å². The van der Waals surface area contributed by atoms with Crippen LogP contribution in [0.3, 0.4) is 0 Å². The molecule has 0 aliphatic rings. The number of aryl methyl sites for hydroxylation is 1. The first kappa shape index (κ1) is 12.3. The summed E-state index contributed by atoms with van der Waals surface area (Å²) >= 11 is 0. The zero-order valence-electron chi connectivity index (χ0n) is 10.9. The molecule has 0 atom stereocenters. The Hall–Kier alpha value is -2.75. The first-order valence-corrected chi connectivity index (χ1v) is 6.26. The van der Waals surface area contributed by atoms with Crippen molar-refractivity contribution in [2.45, 2.75) is 6.92 Å². The summed E-state index contributed by atoms with van der Waals surface area (Å²) in [7, 11) is 0. The summed E-state index contributed by atoms with van der Waals surface area (Å²) in [6.07, 6.45) is 0. The number of rotatable bonds is 2. The van der Waals surface area contributed by atoms with E-state index in [1.807, 2.05) is 37.3 Å². The number of nitro benzene ring substituents is 1. The Morgan fingerprint density at radius 1 is 1.05 bits per heavy atom. The number of nitro groups is 1. The third-order valence-corrected chi connectivity index (χ3v) is 3.22. The number of para-hydroxylation sites is 1. The highest BCUT2D eigenvalue weighted by Gasteiger charge is 2.15. The molecule has 3 rings (SSSR count). The van der Waals surface area contributed by atoms with Crippen molar-refractivity contribution in [3.63, 3.8) is 0 Å². The summed E-state index contributed by atoms with van der Waals surface area (Å²) in [4.78, 5) is 15.2. The van der Waals surface area contributed by atoms with Gasteiger partial charge in [-0.2, -0.15) is 0 Å². The van der Waals surface area contributed by atoms with Gasteiger partial charge in [-0.3, -0.25) is 10.1 Å². The van der Waals surface area contributed by atoms with Crippen molar-refractivity contribution < 1.29 is 4.92 Å². The number of hydrogen-bond acceptors (Lipinski definition) is 3. The average molecular weight is 264 g/mol. The van der Waals surface area contributed by atoms with Gasteiger partial charge in [0.2, 0.25) is 0 Å². The second kappa shape index (κ2) is 4.74. The number of hydrogen-bond donors (Lipinski definition) is 0. The second-order valence-corrected chi connectivity index (χ2v) is 4.67. The zero-order valence-corrected chi connectivity index (χ0v) is 10.9. The summed E-state index contributed by atoms with van der Waals surface area (Å²) in [5.74, 6) is 0. The molecule has 0 N–H and O–H groups in total. The minimum absolute atomic E-state index is 0.0754. The van der Waals surface area contributed by atoms with Crippen LogP contribution in [0.4, 0.5) is 5.69 Å². The molecule has 0 bridgehead atoms. The lowest BCUT2D eigenvalue weighted by atomic mass is 10.1. The van der Waals surface area contributed by atoms with Crippen molar-refractivity contribution in [1.29, 1.82) is 0 Å². The standard InChI is InChI=1S/C16H12N2O2/c1-11-6-8-14-12(10-11)7-9-15(17-14)13-4-2-3-5-16(13)18(19)20/h2-10H,1H3. The molecular formula is C16H12N2O2. The van der Waals surface area contributed by atoms with Crippen LogP contribution in [0.15, 0.2) is 54.6 Å². The van der Waals surface area contributed by atoms with Crippen LogP contribution in [0.1, 0.15) is 5.56 Å². The van der Waals surface area contributed by atoms with Crippen molar-refractivity contribution in [2.75, 3.05) is 0 Å². The molecule has 0 spiro atoms. The van der Waals surface area contributed by atoms with E-state index >= 15 is 0 Å². The van der Waals surface area contributed by atoms with E-state index in [0.717, 1.165) is 16.5 Å². The Morgan fingerprint density at radius 3 is 2.65 bits per heavy atom. The third-order valence-electron chi connectivity index (χ3n) is 3.22. The fourth-order valence-corrected chi connectivity index (χ4v) is 2.24. The summed E-state index contributed by atoms with van der Waals surface area (Å²) in [5, 5.41) is 12.1. The normalized spacial score (nSPS) is 10.7. The Morgan fingerprint density at radius 2 is 1.85 bits per heavy atom. The van der Waals surface area contributed by atoms with Gasteiger partial charge in [0.25, 0.3) is 5.69 Å². The molecule has 4 nitrogen and oxygen atoms in total. The highest BCUT2D eigenvalue weighted by Crippen LogP contribution is 2.29. The number of pyridine rings is 1. The molecule has 0 aliphatic carbocycles. The molecule has 0 saturated heterocycles. The molecule has 0 saturated carbocycles. The van der Waals surface area contributed by atoms with Crippen LogP contribution in [0.25, 0.3) is 22.2 Å². The van der Waals surface area contributed by atoms with Gasteiger partial charge >= 0.3 is 0 Å². The lowest BCUT2D eigenvalue weighted by molar-refractivity contribution is -0.384. The number of nitrogens with zero attached hydrogens (tertiary/aromatic N) is 2. The molecule has 0 aliphatic heterocycles. The summed E-state index contributed by atoms with van der Waals surface area (Å²) in [5.41, 5.74) is 3.24. The molecule has 0 unspecified atom stereocenters. The Labute approximate surface area is 115 Å². The van der Waals surface area contributed by atoms with Crippen LogP contribution >= 0.6 is 0 Å². The third kappa shape index (κ3) is 2.12. The Balaban J connectivity index is 2.20. The fourth-order valence-electron chi connectivity index (χ4n) is 2.24. The van der Waals surface area contributed by atoms with Crippen LogP contribution in [-0.2, 0) is 0 Å². The van der Waals surface area contributed by atoms with Crippen molar-refractivity contribution >= 4 is 16.6 Å². The van der Waals surface area contributed by atoms with E-state index in [1.54, 1.807) is 18.2 Å². The van der Waals surface area contributed by atoms with Gasteiger partial charge in [-0.25, -0.2) is 4.98 Å². The van der Waals surface area contributed by atoms with Crippen LogP contribution in [0.2, 0.25) is 0 Å². The van der Waals surface area contributed by atoms with E-state index in [9.17, 15) is 10.1 Å². The lowest BCUT2D eigenvalue weighted by Gasteiger charge is -2.05. The van der Waals surface area contributed by atoms with Gasteiger partial charge in [0.05, 0.1) is 21.7 Å². The van der Waals surface area contributed by atoms with E-state index in [-0.39, 0.29) is 10.6 Å². The lowest BCUT2D eigenvalue weighted by Crippen LogP contribution is -1.93. The van der Waals surface area contributed by atoms with E-state index in [2.05, 4.69) is 4.98 Å². The van der Waals surface area contributed by atoms with Gasteiger partial charge in [-0.1, -0.05) is 29.8 Å². The maximum atomic E-state index is 11.1. The van der Waals surface area contributed by atoms with E-state index in [1.165, 1.54) is 6.07 Å². The van der Waals surface area contributed by atoms with Gasteiger partial charge < -0.3 is 0 Å². The van der Waals surface area contributed by atoms with Crippen molar-refractivity contribution in [2.24, 2.45) is 0 Å². The predicted molar refractivity (Wildman–Crippen MR) is 78.6 cm³/mol. The van der Waals surface area contributed by atoms with Gasteiger partial charge in [-0.05, 0) is 31.2 Å². The molecule has 0 radical (unpaired) electrons. The van der Waals surface area contributed by atoms with Gasteiger partial charge in [0.15, 0.2) is 0 Å². The molecule has 3 aromatic rings. The SMILES string of the molecule is Cc1ccc2nc(-c3ccccc3[N+](=O)[O-])ccc2c1. The van der Waals surface area contributed by atoms with Gasteiger partial charge in [0, 0.05) is 11.5 Å². The summed E-state index contributed by atoms with van der Waals surface area (Å²) in [6, 6.07) is 16.4. The van der Waals surface area contributed by atoms with E-state index in [0.29, 0.717) is 11.3 Å². The molecule has 2 aromatic carbocycles. The zero-order chi connectivity index (χ0) is 14.1. The van der Waals surface area contributed by atoms with Gasteiger partial charge in [0.1, 0.15) is 0 Å². The minimum atomic E-state index is -0.379. The maximum absolute atomic E-state index is 11.1. The fraction of sp³-hybridized carbons (Fsp3) is 0.0625. The first-order valence-electron chi connectivity index (χ1n) is 6.26. The highest BCUT2D eigenvalue weighted by atomic mass is 16.6. The van der Waals surface area contributed by atoms with Gasteiger partial charge in [-0.15, -0.1) is 0 Å². The quantitative estimate of drug-likeness (QED) is 0.516. The molecule has 0 fully saturated rings. The van der Waals surface area contributed by atoms with Crippen LogP contribution < -0.4 is 0 Å². The number of fused-ring (bicyclic) bond motifs is 1. The number of aromatic nitrogens is 1. The molecule has 0 amide bonds. The minimum Gasteiger partial charge on any atom is -0.258 e. The maximum Gasteiger partial charge on any atom is 0.278 e. The Bertz CT molecular complexity index is 812. The largest absolute Gasteiger partial charge is 0.278 e. The monoisotopic (exact) mass is 264 g/mol. The van der Waals surface area contributed by atoms with Crippen LogP contribution in [-0.4, -0.2) is 9.91 Å². The van der Waals surface area contributed by atoms with Crippen molar-refractivity contribution in [3.8, 4) is 11.3 Å². The molecular weight excluding hydrogens is 252 g/mol. The average Bonchev–Trinajstić information content (AvgIpc) is 2.46. The molecule has 20 heavy (non-hydrogen) atoms. The summed E-state index contributed by atoms with van der Waals surface area (Å²) in [6.45, 7) is 2.02. The predicted octanol–water partition coefficient (Wildman–Crippen LogP) is 4.12. The smallest absolute Gasteiger partial charge is 0.258 e. The first-order chi connectivity index (χ1) is 9.65. The van der Waals surface area contributed by atoms with Crippen LogP contribution in [0, 0.1) is 17.0 Å².